The first-order chi connectivity index (χ1) is 18.1. The lowest BCUT2D eigenvalue weighted by molar-refractivity contribution is -0.130. The molecule has 1 N–H and O–H groups in total. The van der Waals surface area contributed by atoms with Crippen molar-refractivity contribution < 1.29 is 9.59 Å². The summed E-state index contributed by atoms with van der Waals surface area (Å²) in [6, 6.07) is 14.0. The van der Waals surface area contributed by atoms with E-state index in [9.17, 15) is 9.59 Å². The van der Waals surface area contributed by atoms with Crippen LogP contribution in [0.5, 0.6) is 0 Å². The van der Waals surface area contributed by atoms with Gasteiger partial charge in [-0.2, -0.15) is 5.26 Å². The molecular weight excluding hydrogens is 474 g/mol. The molecule has 7 heteroatoms. The number of aromatic nitrogens is 2. The zero-order valence-electron chi connectivity index (χ0n) is 22.9. The van der Waals surface area contributed by atoms with Gasteiger partial charge in [0, 0.05) is 43.1 Å². The molecule has 2 aromatic carbocycles. The molecule has 2 aliphatic heterocycles. The van der Waals surface area contributed by atoms with Gasteiger partial charge < -0.3 is 14.8 Å². The standard InChI is InChI=1S/C31H35N5O2/c1-19-14-20(2)26(30(38)35-12-10-24(11-13-35)23-8-6-22(16-32)7-9-23)15-25(19)29-33-27-17-36(21(3)37)18-31(4,5)28(27)34-29/h6-9,14-15,24H,10-13,17-18H2,1-5H3,(H,33,34). The molecule has 196 valence electrons. The number of likely N-dealkylation sites (tertiary alicyclic amines) is 1. The van der Waals surface area contributed by atoms with Crippen LogP contribution in [0.25, 0.3) is 11.4 Å². The number of carbonyl (C=O) groups is 2. The van der Waals surface area contributed by atoms with E-state index in [1.807, 2.05) is 54.0 Å². The summed E-state index contributed by atoms with van der Waals surface area (Å²) in [6.45, 7) is 12.4. The van der Waals surface area contributed by atoms with Crippen molar-refractivity contribution in [1.29, 1.82) is 5.26 Å². The lowest BCUT2D eigenvalue weighted by Gasteiger charge is -2.36. The third kappa shape index (κ3) is 4.71. The number of aryl methyl sites for hydroxylation is 2. The van der Waals surface area contributed by atoms with Crippen molar-refractivity contribution in [3.05, 3.63) is 75.6 Å². The van der Waals surface area contributed by atoms with Crippen LogP contribution in [-0.4, -0.2) is 51.2 Å². The number of hydrogen-bond acceptors (Lipinski definition) is 4. The number of nitrogens with one attached hydrogen (secondary N) is 1. The molecule has 2 aliphatic rings. The Labute approximate surface area is 224 Å². The number of imidazole rings is 1. The van der Waals surface area contributed by atoms with Gasteiger partial charge in [0.05, 0.1) is 29.6 Å². The van der Waals surface area contributed by atoms with Crippen molar-refractivity contribution >= 4 is 11.8 Å². The number of H-pyrrole nitrogens is 1. The Morgan fingerprint density at radius 2 is 1.74 bits per heavy atom. The van der Waals surface area contributed by atoms with E-state index in [2.05, 4.69) is 31.0 Å². The number of aromatic amines is 1. The van der Waals surface area contributed by atoms with Crippen LogP contribution in [0.4, 0.5) is 0 Å². The van der Waals surface area contributed by atoms with Crippen molar-refractivity contribution in [3.63, 3.8) is 0 Å². The van der Waals surface area contributed by atoms with E-state index >= 15 is 0 Å². The van der Waals surface area contributed by atoms with Gasteiger partial charge in [0.1, 0.15) is 5.82 Å². The molecule has 0 unspecified atom stereocenters. The molecule has 0 aliphatic carbocycles. The second kappa shape index (κ2) is 9.75. The number of nitriles is 1. The third-order valence-electron chi connectivity index (χ3n) is 8.15. The number of nitrogens with zero attached hydrogens (tertiary/aromatic N) is 4. The summed E-state index contributed by atoms with van der Waals surface area (Å²) in [6.07, 6.45) is 1.81. The summed E-state index contributed by atoms with van der Waals surface area (Å²) < 4.78 is 0. The average molecular weight is 510 g/mol. The molecule has 1 saturated heterocycles. The van der Waals surface area contributed by atoms with Gasteiger partial charge in [0.15, 0.2) is 0 Å². The molecule has 2 amide bonds. The number of rotatable bonds is 3. The van der Waals surface area contributed by atoms with Crippen molar-refractivity contribution in [2.45, 2.75) is 65.3 Å². The maximum atomic E-state index is 13.7. The lowest BCUT2D eigenvalue weighted by atomic mass is 9.84. The van der Waals surface area contributed by atoms with E-state index in [1.54, 1.807) is 6.92 Å². The van der Waals surface area contributed by atoms with Gasteiger partial charge in [-0.1, -0.05) is 32.0 Å². The smallest absolute Gasteiger partial charge is 0.254 e. The molecule has 5 rings (SSSR count). The van der Waals surface area contributed by atoms with E-state index < -0.39 is 0 Å². The van der Waals surface area contributed by atoms with E-state index in [1.165, 1.54) is 5.56 Å². The summed E-state index contributed by atoms with van der Waals surface area (Å²) in [7, 11) is 0. The Morgan fingerprint density at radius 1 is 1.05 bits per heavy atom. The summed E-state index contributed by atoms with van der Waals surface area (Å²) in [4.78, 5) is 38.0. The van der Waals surface area contributed by atoms with Crippen LogP contribution in [0.15, 0.2) is 36.4 Å². The fraction of sp³-hybridized carbons (Fsp3) is 0.419. The summed E-state index contributed by atoms with van der Waals surface area (Å²) in [5, 5.41) is 9.06. The first-order valence-electron chi connectivity index (χ1n) is 13.3. The van der Waals surface area contributed by atoms with Crippen LogP contribution in [0.2, 0.25) is 0 Å². The fourth-order valence-electron chi connectivity index (χ4n) is 5.99. The van der Waals surface area contributed by atoms with Crippen molar-refractivity contribution in [2.75, 3.05) is 19.6 Å². The minimum atomic E-state index is -0.259. The molecule has 3 heterocycles. The average Bonchev–Trinajstić information content (AvgIpc) is 3.33. The molecule has 0 radical (unpaired) electrons. The third-order valence-corrected chi connectivity index (χ3v) is 8.15. The van der Waals surface area contributed by atoms with Gasteiger partial charge in [0.25, 0.3) is 5.91 Å². The zero-order valence-corrected chi connectivity index (χ0v) is 22.9. The predicted molar refractivity (Wildman–Crippen MR) is 147 cm³/mol. The molecule has 7 nitrogen and oxygen atoms in total. The van der Waals surface area contributed by atoms with Crippen molar-refractivity contribution in [1.82, 2.24) is 19.8 Å². The largest absolute Gasteiger partial charge is 0.340 e. The van der Waals surface area contributed by atoms with Gasteiger partial charge in [-0.25, -0.2) is 4.98 Å². The highest BCUT2D eigenvalue weighted by molar-refractivity contribution is 5.97. The summed E-state index contributed by atoms with van der Waals surface area (Å²) >= 11 is 0. The Morgan fingerprint density at radius 3 is 2.37 bits per heavy atom. The predicted octanol–water partition coefficient (Wildman–Crippen LogP) is 5.22. The van der Waals surface area contributed by atoms with Crippen LogP contribution in [-0.2, 0) is 16.8 Å². The molecular formula is C31H35N5O2. The Hall–Kier alpha value is -3.92. The van der Waals surface area contributed by atoms with Gasteiger partial charge in [-0.3, -0.25) is 9.59 Å². The highest BCUT2D eigenvalue weighted by atomic mass is 16.2. The molecule has 0 bridgehead atoms. The highest BCUT2D eigenvalue weighted by Crippen LogP contribution is 2.36. The van der Waals surface area contributed by atoms with Crippen LogP contribution >= 0.6 is 0 Å². The highest BCUT2D eigenvalue weighted by Gasteiger charge is 2.36. The second-order valence-corrected chi connectivity index (χ2v) is 11.5. The van der Waals surface area contributed by atoms with E-state index in [4.69, 9.17) is 10.2 Å². The number of benzene rings is 2. The summed E-state index contributed by atoms with van der Waals surface area (Å²) in [5.41, 5.74) is 7.25. The fourth-order valence-corrected chi connectivity index (χ4v) is 5.99. The van der Waals surface area contributed by atoms with Gasteiger partial charge in [-0.05, 0) is 67.5 Å². The van der Waals surface area contributed by atoms with E-state index in [0.29, 0.717) is 43.2 Å². The van der Waals surface area contributed by atoms with Crippen LogP contribution in [0.1, 0.15) is 83.5 Å². The minimum absolute atomic E-state index is 0.0569. The first kappa shape index (κ1) is 25.7. The number of hydrogen-bond donors (Lipinski definition) is 1. The second-order valence-electron chi connectivity index (χ2n) is 11.5. The lowest BCUT2D eigenvalue weighted by Crippen LogP contribution is -2.44. The molecule has 0 saturated carbocycles. The van der Waals surface area contributed by atoms with Gasteiger partial charge >= 0.3 is 0 Å². The van der Waals surface area contributed by atoms with Crippen molar-refractivity contribution in [3.8, 4) is 17.5 Å². The minimum Gasteiger partial charge on any atom is -0.340 e. The quantitative estimate of drug-likeness (QED) is 0.524. The number of carbonyl (C=O) groups excluding carboxylic acids is 2. The number of piperidine rings is 1. The monoisotopic (exact) mass is 509 g/mol. The number of amides is 2. The van der Waals surface area contributed by atoms with Crippen LogP contribution in [0, 0.1) is 25.2 Å². The number of fused-ring (bicyclic) bond motifs is 1. The molecule has 38 heavy (non-hydrogen) atoms. The van der Waals surface area contributed by atoms with E-state index in [0.717, 1.165) is 46.7 Å². The Kier molecular flexibility index (Phi) is 6.60. The van der Waals surface area contributed by atoms with E-state index in [-0.39, 0.29) is 17.2 Å². The Balaban J connectivity index is 1.37. The maximum Gasteiger partial charge on any atom is 0.254 e. The van der Waals surface area contributed by atoms with Gasteiger partial charge in [-0.15, -0.1) is 0 Å². The molecule has 0 spiro atoms. The maximum absolute atomic E-state index is 13.7. The first-order valence-corrected chi connectivity index (χ1v) is 13.3. The zero-order chi connectivity index (χ0) is 27.2. The molecule has 1 aromatic heterocycles. The van der Waals surface area contributed by atoms with Crippen molar-refractivity contribution in [2.24, 2.45) is 0 Å². The SMILES string of the molecule is CC(=O)N1Cc2[nH]c(-c3cc(C(=O)N4CCC(c5ccc(C#N)cc5)CC4)c(C)cc3C)nc2C(C)(C)C1. The summed E-state index contributed by atoms with van der Waals surface area (Å²) in [5.74, 6) is 1.26. The molecule has 1 fully saturated rings. The molecule has 0 atom stereocenters. The van der Waals surface area contributed by atoms with Crippen LogP contribution < -0.4 is 0 Å². The Bertz CT molecular complexity index is 1440. The topological polar surface area (TPSA) is 93.1 Å². The van der Waals surface area contributed by atoms with Gasteiger partial charge in [0.2, 0.25) is 5.91 Å². The van der Waals surface area contributed by atoms with Crippen LogP contribution in [0.3, 0.4) is 0 Å². The normalized spacial score (nSPS) is 17.2. The molecule has 3 aromatic rings.